The lowest BCUT2D eigenvalue weighted by Crippen LogP contribution is -2.44. The van der Waals surface area contributed by atoms with E-state index < -0.39 is 0 Å². The molecular weight excluding hydrogens is 384 g/mol. The van der Waals surface area contributed by atoms with E-state index in [1.54, 1.807) is 6.20 Å². The maximum Gasteiger partial charge on any atom is 0.267 e. The van der Waals surface area contributed by atoms with E-state index in [9.17, 15) is 10.1 Å². The molecule has 0 aliphatic carbocycles. The van der Waals surface area contributed by atoms with Crippen LogP contribution < -0.4 is 10.2 Å². The van der Waals surface area contributed by atoms with E-state index in [-0.39, 0.29) is 23.9 Å². The maximum absolute atomic E-state index is 12.5. The number of carbonyl (C=O) groups is 1. The van der Waals surface area contributed by atoms with Gasteiger partial charge in [-0.3, -0.25) is 4.79 Å². The van der Waals surface area contributed by atoms with Crippen LogP contribution in [0.5, 0.6) is 0 Å². The summed E-state index contributed by atoms with van der Waals surface area (Å²) in [5.74, 6) is -0.370. The first kappa shape index (κ1) is 22.3. The predicted molar refractivity (Wildman–Crippen MR) is 120 cm³/mol. The number of carbonyl (C=O) groups excluding carboxylic acids is 1. The first-order valence-electron chi connectivity index (χ1n) is 9.53. The van der Waals surface area contributed by atoms with Crippen molar-refractivity contribution in [2.75, 3.05) is 36.4 Å². The quantitative estimate of drug-likeness (QED) is 0.606. The molecule has 0 atom stereocenters. The maximum atomic E-state index is 12.5. The fourth-order valence-electron chi connectivity index (χ4n) is 3.41. The molecule has 0 radical (unpaired) electrons. The topological polar surface area (TPSA) is 59.4 Å². The van der Waals surface area contributed by atoms with E-state index in [0.717, 1.165) is 31.7 Å². The summed E-state index contributed by atoms with van der Waals surface area (Å²) >= 11 is 0. The molecule has 3 rings (SSSR count). The Balaban J connectivity index is 0.00000300. The number of hydrogen-bond acceptors (Lipinski definition) is 4. The van der Waals surface area contributed by atoms with Gasteiger partial charge in [0.2, 0.25) is 0 Å². The van der Waals surface area contributed by atoms with Gasteiger partial charge >= 0.3 is 0 Å². The van der Waals surface area contributed by atoms with Crippen molar-refractivity contribution in [2.24, 2.45) is 0 Å². The second-order valence-corrected chi connectivity index (χ2v) is 7.22. The second-order valence-electron chi connectivity index (χ2n) is 7.22. The lowest BCUT2D eigenvalue weighted by atomic mass is 10.1. The highest BCUT2D eigenvalue weighted by Crippen LogP contribution is 2.24. The van der Waals surface area contributed by atoms with Crippen molar-refractivity contribution in [1.82, 2.24) is 4.90 Å². The average Bonchev–Trinajstić information content (AvgIpc) is 2.69. The third-order valence-electron chi connectivity index (χ3n) is 5.18. The normalized spacial score (nSPS) is 14.1. The number of rotatable bonds is 4. The Morgan fingerprint density at radius 1 is 1.07 bits per heavy atom. The molecule has 0 bridgehead atoms. The number of halogens is 1. The van der Waals surface area contributed by atoms with Gasteiger partial charge in [-0.15, -0.1) is 12.4 Å². The van der Waals surface area contributed by atoms with Crippen LogP contribution in [0.15, 0.2) is 54.2 Å². The number of nitrogens with one attached hydrogen (secondary N) is 1. The number of nitrogens with zero attached hydrogens (tertiary/aromatic N) is 3. The van der Waals surface area contributed by atoms with Crippen LogP contribution in [0.1, 0.15) is 16.7 Å². The van der Waals surface area contributed by atoms with E-state index >= 15 is 0 Å². The van der Waals surface area contributed by atoms with Gasteiger partial charge in [0.05, 0.1) is 0 Å². The van der Waals surface area contributed by atoms with Gasteiger partial charge in [0.25, 0.3) is 5.91 Å². The van der Waals surface area contributed by atoms with Crippen molar-refractivity contribution in [1.29, 1.82) is 5.26 Å². The highest BCUT2D eigenvalue weighted by molar-refractivity contribution is 6.06. The molecule has 1 N–H and O–H groups in total. The largest absolute Gasteiger partial charge is 0.373 e. The minimum absolute atomic E-state index is 0. The summed E-state index contributed by atoms with van der Waals surface area (Å²) in [6.45, 7) is 9.51. The molecule has 1 aliphatic rings. The molecular formula is C23H27ClN4O. The van der Waals surface area contributed by atoms with Crippen molar-refractivity contribution in [3.8, 4) is 6.07 Å². The smallest absolute Gasteiger partial charge is 0.267 e. The van der Waals surface area contributed by atoms with Crippen LogP contribution in [0, 0.1) is 32.1 Å². The fourth-order valence-corrected chi connectivity index (χ4v) is 3.41. The Bertz CT molecular complexity index is 940. The summed E-state index contributed by atoms with van der Waals surface area (Å²) < 4.78 is 0. The van der Waals surface area contributed by atoms with Crippen LogP contribution in [0.2, 0.25) is 0 Å². The molecule has 0 aromatic heterocycles. The number of piperazine rings is 1. The zero-order valence-electron chi connectivity index (χ0n) is 17.1. The second kappa shape index (κ2) is 9.99. The molecule has 2 aromatic carbocycles. The lowest BCUT2D eigenvalue weighted by Gasteiger charge is -2.36. The summed E-state index contributed by atoms with van der Waals surface area (Å²) in [4.78, 5) is 16.9. The van der Waals surface area contributed by atoms with Gasteiger partial charge in [-0.1, -0.05) is 24.3 Å². The van der Waals surface area contributed by atoms with Crippen molar-refractivity contribution >= 4 is 29.7 Å². The molecule has 1 aliphatic heterocycles. The van der Waals surface area contributed by atoms with Crippen molar-refractivity contribution < 1.29 is 4.79 Å². The summed E-state index contributed by atoms with van der Waals surface area (Å²) in [7, 11) is 0. The van der Waals surface area contributed by atoms with E-state index in [2.05, 4.69) is 47.2 Å². The Morgan fingerprint density at radius 3 is 2.41 bits per heavy atom. The van der Waals surface area contributed by atoms with Gasteiger partial charge in [0, 0.05) is 43.8 Å². The lowest BCUT2D eigenvalue weighted by molar-refractivity contribution is -0.112. The van der Waals surface area contributed by atoms with Crippen LogP contribution in [0.25, 0.3) is 0 Å². The molecule has 2 aromatic rings. The molecule has 29 heavy (non-hydrogen) atoms. The number of benzene rings is 2. The van der Waals surface area contributed by atoms with Gasteiger partial charge in [-0.25, -0.2) is 0 Å². The van der Waals surface area contributed by atoms with Gasteiger partial charge in [0.15, 0.2) is 0 Å². The predicted octanol–water partition coefficient (Wildman–Crippen LogP) is 4.20. The number of anilines is 2. The van der Waals surface area contributed by atoms with Gasteiger partial charge in [0.1, 0.15) is 11.6 Å². The highest BCUT2D eigenvalue weighted by atomic mass is 35.5. The number of aryl methyl sites for hydroxylation is 2. The van der Waals surface area contributed by atoms with Gasteiger partial charge < -0.3 is 15.1 Å². The molecule has 0 saturated carbocycles. The third-order valence-corrected chi connectivity index (χ3v) is 5.18. The fraction of sp³-hybridized carbons (Fsp3) is 0.304. The Labute approximate surface area is 179 Å². The molecule has 0 spiro atoms. The summed E-state index contributed by atoms with van der Waals surface area (Å²) in [5.41, 5.74) is 5.75. The van der Waals surface area contributed by atoms with E-state index in [0.29, 0.717) is 5.69 Å². The molecule has 5 nitrogen and oxygen atoms in total. The van der Waals surface area contributed by atoms with Gasteiger partial charge in [-0.2, -0.15) is 5.26 Å². The molecule has 1 fully saturated rings. The minimum Gasteiger partial charge on any atom is -0.373 e. The van der Waals surface area contributed by atoms with Crippen molar-refractivity contribution in [2.45, 2.75) is 20.8 Å². The monoisotopic (exact) mass is 410 g/mol. The summed E-state index contributed by atoms with van der Waals surface area (Å²) in [6.07, 6.45) is 1.69. The van der Waals surface area contributed by atoms with E-state index in [1.807, 2.05) is 37.3 Å². The van der Waals surface area contributed by atoms with E-state index in [1.165, 1.54) is 16.8 Å². The zero-order chi connectivity index (χ0) is 20.1. The molecule has 152 valence electrons. The first-order valence-corrected chi connectivity index (χ1v) is 9.53. The SMILES string of the molecule is Cc1cccc(NC(=O)/C(C#N)=C\N2CCN(c3cccc(C)c3C)CC2)c1.Cl. The Hall–Kier alpha value is -2.97. The highest BCUT2D eigenvalue weighted by Gasteiger charge is 2.19. The Kier molecular flexibility index (Phi) is 7.69. The van der Waals surface area contributed by atoms with Crippen LogP contribution in [0.4, 0.5) is 11.4 Å². The zero-order valence-corrected chi connectivity index (χ0v) is 17.9. The molecule has 6 heteroatoms. The average molecular weight is 411 g/mol. The molecule has 1 saturated heterocycles. The summed E-state index contributed by atoms with van der Waals surface area (Å²) in [5, 5.41) is 12.2. The number of amides is 1. The number of hydrogen-bond donors (Lipinski definition) is 1. The third kappa shape index (κ3) is 5.52. The Morgan fingerprint density at radius 2 is 1.76 bits per heavy atom. The molecule has 1 heterocycles. The molecule has 1 amide bonds. The number of nitriles is 1. The minimum atomic E-state index is -0.370. The first-order chi connectivity index (χ1) is 13.5. The standard InChI is InChI=1S/C23H26N4O.ClH/c1-17-6-4-8-21(14-17)25-23(28)20(15-24)16-26-10-12-27(13-11-26)22-9-5-7-18(2)19(22)3;/h4-9,14,16H,10-13H2,1-3H3,(H,25,28);1H/b20-16-;. The van der Waals surface area contributed by atoms with Crippen LogP contribution in [-0.2, 0) is 4.79 Å². The van der Waals surface area contributed by atoms with Gasteiger partial charge in [-0.05, 0) is 55.7 Å². The summed E-state index contributed by atoms with van der Waals surface area (Å²) in [6, 6.07) is 16.0. The van der Waals surface area contributed by atoms with Crippen LogP contribution >= 0.6 is 12.4 Å². The van der Waals surface area contributed by atoms with E-state index in [4.69, 9.17) is 0 Å². The van der Waals surface area contributed by atoms with Crippen molar-refractivity contribution in [3.05, 3.63) is 70.9 Å². The van der Waals surface area contributed by atoms with Crippen LogP contribution in [0.3, 0.4) is 0 Å². The van der Waals surface area contributed by atoms with Crippen LogP contribution in [-0.4, -0.2) is 37.0 Å². The molecule has 0 unspecified atom stereocenters. The van der Waals surface area contributed by atoms with Crippen molar-refractivity contribution in [3.63, 3.8) is 0 Å².